The predicted molar refractivity (Wildman–Crippen MR) is 64.4 cm³/mol. The second kappa shape index (κ2) is 4.85. The van der Waals surface area contributed by atoms with E-state index in [1.165, 1.54) is 5.69 Å². The smallest absolute Gasteiger partial charge is 0.150 e. The maximum Gasteiger partial charge on any atom is 0.150 e. The van der Waals surface area contributed by atoms with Crippen molar-refractivity contribution < 1.29 is 4.74 Å². The Balaban J connectivity index is 2.12. The molecule has 86 valence electrons. The molecule has 1 aromatic carbocycles. The normalized spacial score (nSPS) is 17.5. The van der Waals surface area contributed by atoms with Crippen LogP contribution in [0, 0.1) is 0 Å². The van der Waals surface area contributed by atoms with Crippen LogP contribution in [-0.4, -0.2) is 32.1 Å². The summed E-state index contributed by atoms with van der Waals surface area (Å²) in [6.07, 6.45) is 0. The molecule has 0 bridgehead atoms. The van der Waals surface area contributed by atoms with Gasteiger partial charge in [-0.15, -0.1) is 0 Å². The van der Waals surface area contributed by atoms with Crippen LogP contribution in [0.25, 0.3) is 0 Å². The van der Waals surface area contributed by atoms with Crippen LogP contribution in [0.1, 0.15) is 5.56 Å². The van der Waals surface area contributed by atoms with E-state index in [1.807, 2.05) is 24.3 Å². The summed E-state index contributed by atoms with van der Waals surface area (Å²) in [6.45, 7) is 3.43. The van der Waals surface area contributed by atoms with Crippen LogP contribution in [-0.2, 0) is 4.74 Å². The van der Waals surface area contributed by atoms with Crippen LogP contribution in [0.5, 0.6) is 0 Å². The van der Waals surface area contributed by atoms with E-state index in [9.17, 15) is 0 Å². The molecule has 0 spiro atoms. The number of morpholine rings is 1. The lowest BCUT2D eigenvalue weighted by Gasteiger charge is -2.28. The van der Waals surface area contributed by atoms with Crippen LogP contribution >= 0.6 is 0 Å². The van der Waals surface area contributed by atoms with E-state index < -0.39 is 0 Å². The highest BCUT2D eigenvalue weighted by Gasteiger charge is 2.10. The topological polar surface area (TPSA) is 76.9 Å². The van der Waals surface area contributed by atoms with E-state index in [4.69, 9.17) is 16.3 Å². The number of rotatable bonds is 2. The molecule has 0 aromatic heterocycles. The predicted octanol–water partition coefficient (Wildman–Crippen LogP) is 0.102. The maximum atomic E-state index is 5.61. The van der Waals surface area contributed by atoms with Crippen molar-refractivity contribution in [3.63, 3.8) is 0 Å². The fourth-order valence-corrected chi connectivity index (χ4v) is 1.74. The Bertz CT molecular complexity index is 368. The summed E-state index contributed by atoms with van der Waals surface area (Å²) in [4.78, 5) is 2.28. The lowest BCUT2D eigenvalue weighted by atomic mass is 10.2. The van der Waals surface area contributed by atoms with Crippen molar-refractivity contribution >= 4 is 11.5 Å². The van der Waals surface area contributed by atoms with Gasteiger partial charge in [0.05, 0.1) is 13.2 Å². The van der Waals surface area contributed by atoms with Crippen molar-refractivity contribution in [1.82, 2.24) is 0 Å². The van der Waals surface area contributed by atoms with Crippen LogP contribution in [0.15, 0.2) is 29.4 Å². The molecule has 4 N–H and O–H groups in total. The lowest BCUT2D eigenvalue weighted by molar-refractivity contribution is 0.122. The van der Waals surface area contributed by atoms with Gasteiger partial charge < -0.3 is 21.2 Å². The fourth-order valence-electron chi connectivity index (χ4n) is 1.74. The summed E-state index contributed by atoms with van der Waals surface area (Å²) in [5, 5.41) is 3.46. The minimum Gasteiger partial charge on any atom is -0.382 e. The largest absolute Gasteiger partial charge is 0.382 e. The van der Waals surface area contributed by atoms with Gasteiger partial charge >= 0.3 is 0 Å². The third-order valence-corrected chi connectivity index (χ3v) is 2.68. The maximum absolute atomic E-state index is 5.61. The molecule has 1 heterocycles. The van der Waals surface area contributed by atoms with Crippen LogP contribution < -0.4 is 16.5 Å². The van der Waals surface area contributed by atoms with Crippen LogP contribution in [0.2, 0.25) is 0 Å². The number of amidine groups is 1. The van der Waals surface area contributed by atoms with E-state index in [2.05, 4.69) is 10.0 Å². The third kappa shape index (κ3) is 2.25. The molecule has 1 saturated heterocycles. The molecule has 1 aliphatic rings. The van der Waals surface area contributed by atoms with Gasteiger partial charge in [0.2, 0.25) is 0 Å². The summed E-state index contributed by atoms with van der Waals surface area (Å²) in [6, 6.07) is 7.91. The molecule has 1 aromatic rings. The number of ether oxygens (including phenoxy) is 1. The number of nitrogens with zero attached hydrogens (tertiary/aromatic N) is 2. The standard InChI is InChI=1S/C11H16N4O/c12-11(14-13)9-1-3-10(4-2-9)15-5-7-16-8-6-15/h1-4H,5-8,13H2,(H2,12,14). The summed E-state index contributed by atoms with van der Waals surface area (Å²) in [5.41, 5.74) is 7.64. The Kier molecular flexibility index (Phi) is 3.26. The summed E-state index contributed by atoms with van der Waals surface area (Å²) in [5.74, 6) is 5.48. The fraction of sp³-hybridized carbons (Fsp3) is 0.364. The zero-order valence-electron chi connectivity index (χ0n) is 9.10. The third-order valence-electron chi connectivity index (χ3n) is 2.68. The number of hydrogen-bond acceptors (Lipinski definition) is 4. The molecule has 0 amide bonds. The second-order valence-electron chi connectivity index (χ2n) is 3.66. The highest BCUT2D eigenvalue weighted by molar-refractivity contribution is 5.97. The van der Waals surface area contributed by atoms with Crippen LogP contribution in [0.3, 0.4) is 0 Å². The first kappa shape index (κ1) is 10.8. The van der Waals surface area contributed by atoms with Crippen LogP contribution in [0.4, 0.5) is 5.69 Å². The molecule has 0 unspecified atom stereocenters. The van der Waals surface area contributed by atoms with Crippen molar-refractivity contribution in [2.45, 2.75) is 0 Å². The van der Waals surface area contributed by atoms with E-state index in [0.29, 0.717) is 5.84 Å². The monoisotopic (exact) mass is 220 g/mol. The number of anilines is 1. The Labute approximate surface area is 94.7 Å². The SMILES string of the molecule is N/N=C(\N)c1ccc(N2CCOCC2)cc1. The first-order chi connectivity index (χ1) is 7.81. The van der Waals surface area contributed by atoms with E-state index in [1.54, 1.807) is 0 Å². The van der Waals surface area contributed by atoms with Gasteiger partial charge in [0.25, 0.3) is 0 Å². The first-order valence-corrected chi connectivity index (χ1v) is 5.28. The van der Waals surface area contributed by atoms with Gasteiger partial charge in [-0.05, 0) is 24.3 Å². The Hall–Kier alpha value is -1.75. The van der Waals surface area contributed by atoms with E-state index in [0.717, 1.165) is 31.9 Å². The molecule has 16 heavy (non-hydrogen) atoms. The number of nitrogens with two attached hydrogens (primary N) is 2. The first-order valence-electron chi connectivity index (χ1n) is 5.28. The summed E-state index contributed by atoms with van der Waals surface area (Å²) < 4.78 is 5.30. The molecule has 1 aliphatic heterocycles. The highest BCUT2D eigenvalue weighted by Crippen LogP contribution is 2.16. The van der Waals surface area contributed by atoms with E-state index >= 15 is 0 Å². The van der Waals surface area contributed by atoms with Gasteiger partial charge in [-0.1, -0.05) is 0 Å². The molecule has 0 aliphatic carbocycles. The highest BCUT2D eigenvalue weighted by atomic mass is 16.5. The minimum absolute atomic E-state index is 0.355. The quantitative estimate of drug-likeness (QED) is 0.321. The van der Waals surface area contributed by atoms with Gasteiger partial charge in [-0.3, -0.25) is 0 Å². The molecule has 5 nitrogen and oxygen atoms in total. The van der Waals surface area contributed by atoms with Crippen molar-refractivity contribution in [2.75, 3.05) is 31.2 Å². The molecule has 0 radical (unpaired) electrons. The number of hydrazone groups is 1. The van der Waals surface area contributed by atoms with Crippen molar-refractivity contribution in [1.29, 1.82) is 0 Å². The second-order valence-corrected chi connectivity index (χ2v) is 3.66. The Morgan fingerprint density at radius 2 is 1.81 bits per heavy atom. The van der Waals surface area contributed by atoms with Gasteiger partial charge in [0, 0.05) is 24.3 Å². The van der Waals surface area contributed by atoms with Crippen molar-refractivity contribution in [3.8, 4) is 0 Å². The Morgan fingerprint density at radius 3 is 2.38 bits per heavy atom. The zero-order valence-corrected chi connectivity index (χ0v) is 9.10. The minimum atomic E-state index is 0.355. The van der Waals surface area contributed by atoms with Gasteiger partial charge in [0.15, 0.2) is 0 Å². The van der Waals surface area contributed by atoms with E-state index in [-0.39, 0.29) is 0 Å². The number of hydrogen-bond donors (Lipinski definition) is 2. The van der Waals surface area contributed by atoms with Gasteiger partial charge in [-0.2, -0.15) is 5.10 Å². The molecule has 1 fully saturated rings. The molecule has 2 rings (SSSR count). The zero-order chi connectivity index (χ0) is 11.4. The van der Waals surface area contributed by atoms with Gasteiger partial charge in [-0.25, -0.2) is 0 Å². The molecular formula is C11H16N4O. The van der Waals surface area contributed by atoms with Crippen molar-refractivity contribution in [2.24, 2.45) is 16.7 Å². The molecule has 0 saturated carbocycles. The summed E-state index contributed by atoms with van der Waals surface area (Å²) >= 11 is 0. The summed E-state index contributed by atoms with van der Waals surface area (Å²) in [7, 11) is 0. The molecular weight excluding hydrogens is 204 g/mol. The average molecular weight is 220 g/mol. The number of benzene rings is 1. The van der Waals surface area contributed by atoms with Gasteiger partial charge in [0.1, 0.15) is 5.84 Å². The Morgan fingerprint density at radius 1 is 1.19 bits per heavy atom. The molecule has 0 atom stereocenters. The lowest BCUT2D eigenvalue weighted by Crippen LogP contribution is -2.36. The van der Waals surface area contributed by atoms with Crippen molar-refractivity contribution in [3.05, 3.63) is 29.8 Å². The molecule has 5 heteroatoms. The average Bonchev–Trinajstić information content (AvgIpc) is 2.39.